The molecule has 4 heteroatoms. The highest BCUT2D eigenvalue weighted by molar-refractivity contribution is 5.89. The van der Waals surface area contributed by atoms with E-state index in [0.29, 0.717) is 12.3 Å². The Morgan fingerprint density at radius 1 is 1.25 bits per heavy atom. The standard InChI is InChI=1S/C16H20N2O2/c1-3-5-6-15(19)17-16-11-14(18-20-16)13-9-7-12(4-2)8-10-13/h7-11H,3-6H2,1-2H3,(H,17,19). The van der Waals surface area contributed by atoms with Crippen LogP contribution < -0.4 is 5.32 Å². The van der Waals surface area contributed by atoms with Gasteiger partial charge in [0.25, 0.3) is 0 Å². The molecule has 0 aliphatic heterocycles. The number of hydrogen-bond donors (Lipinski definition) is 1. The summed E-state index contributed by atoms with van der Waals surface area (Å²) in [6.07, 6.45) is 3.40. The van der Waals surface area contributed by atoms with E-state index in [4.69, 9.17) is 4.52 Å². The summed E-state index contributed by atoms with van der Waals surface area (Å²) < 4.78 is 5.14. The highest BCUT2D eigenvalue weighted by atomic mass is 16.5. The maximum atomic E-state index is 11.6. The molecule has 0 radical (unpaired) electrons. The number of rotatable bonds is 6. The lowest BCUT2D eigenvalue weighted by molar-refractivity contribution is -0.116. The number of aromatic nitrogens is 1. The monoisotopic (exact) mass is 272 g/mol. The lowest BCUT2D eigenvalue weighted by atomic mass is 10.1. The molecular formula is C16H20N2O2. The number of unbranched alkanes of at least 4 members (excludes halogenated alkanes) is 1. The molecule has 0 aliphatic carbocycles. The Hall–Kier alpha value is -2.10. The summed E-state index contributed by atoms with van der Waals surface area (Å²) in [7, 11) is 0. The van der Waals surface area contributed by atoms with Gasteiger partial charge in [0, 0.05) is 18.1 Å². The summed E-state index contributed by atoms with van der Waals surface area (Å²) >= 11 is 0. The molecule has 0 saturated carbocycles. The van der Waals surface area contributed by atoms with Crippen molar-refractivity contribution in [3.05, 3.63) is 35.9 Å². The molecule has 0 bridgehead atoms. The number of nitrogens with one attached hydrogen (secondary N) is 1. The fraction of sp³-hybridized carbons (Fsp3) is 0.375. The van der Waals surface area contributed by atoms with E-state index in [1.807, 2.05) is 12.1 Å². The zero-order chi connectivity index (χ0) is 14.4. The first-order valence-electron chi connectivity index (χ1n) is 7.08. The van der Waals surface area contributed by atoms with Gasteiger partial charge in [-0.05, 0) is 18.4 Å². The fourth-order valence-corrected chi connectivity index (χ4v) is 1.92. The van der Waals surface area contributed by atoms with Crippen molar-refractivity contribution in [1.29, 1.82) is 0 Å². The molecule has 1 aromatic heterocycles. The third kappa shape index (κ3) is 3.70. The second kappa shape index (κ2) is 6.89. The van der Waals surface area contributed by atoms with E-state index in [-0.39, 0.29) is 5.91 Å². The number of anilines is 1. The third-order valence-corrected chi connectivity index (χ3v) is 3.19. The summed E-state index contributed by atoms with van der Waals surface area (Å²) in [5.41, 5.74) is 3.00. The van der Waals surface area contributed by atoms with Crippen molar-refractivity contribution in [2.45, 2.75) is 39.5 Å². The van der Waals surface area contributed by atoms with Crippen molar-refractivity contribution < 1.29 is 9.32 Å². The smallest absolute Gasteiger partial charge is 0.231 e. The molecule has 0 aliphatic rings. The Morgan fingerprint density at radius 3 is 2.65 bits per heavy atom. The highest BCUT2D eigenvalue weighted by Crippen LogP contribution is 2.22. The summed E-state index contributed by atoms with van der Waals surface area (Å²) in [6.45, 7) is 4.18. The molecule has 1 amide bonds. The lowest BCUT2D eigenvalue weighted by Gasteiger charge is -1.99. The average molecular weight is 272 g/mol. The van der Waals surface area contributed by atoms with Gasteiger partial charge in [0.15, 0.2) is 0 Å². The molecule has 0 unspecified atom stereocenters. The number of benzene rings is 1. The second-order valence-corrected chi connectivity index (χ2v) is 4.78. The van der Waals surface area contributed by atoms with Gasteiger partial charge in [-0.15, -0.1) is 0 Å². The molecule has 0 fully saturated rings. The summed E-state index contributed by atoms with van der Waals surface area (Å²) in [5.74, 6) is 0.372. The molecule has 1 heterocycles. The zero-order valence-electron chi connectivity index (χ0n) is 12.0. The van der Waals surface area contributed by atoms with E-state index in [1.165, 1.54) is 5.56 Å². The van der Waals surface area contributed by atoms with Crippen molar-refractivity contribution in [3.8, 4) is 11.3 Å². The largest absolute Gasteiger partial charge is 0.338 e. The Bertz CT molecular complexity index is 558. The number of carbonyl (C=O) groups excluding carboxylic acids is 1. The molecule has 106 valence electrons. The normalized spacial score (nSPS) is 10.5. The van der Waals surface area contributed by atoms with Crippen LogP contribution in [0.1, 0.15) is 38.7 Å². The number of aryl methyl sites for hydroxylation is 1. The van der Waals surface area contributed by atoms with Crippen molar-refractivity contribution in [1.82, 2.24) is 5.16 Å². The summed E-state index contributed by atoms with van der Waals surface area (Å²) in [6, 6.07) is 9.93. The third-order valence-electron chi connectivity index (χ3n) is 3.19. The molecular weight excluding hydrogens is 252 g/mol. The molecule has 0 saturated heterocycles. The minimum Gasteiger partial charge on any atom is -0.338 e. The van der Waals surface area contributed by atoms with Crippen LogP contribution in [0.3, 0.4) is 0 Å². The lowest BCUT2D eigenvalue weighted by Crippen LogP contribution is -2.10. The van der Waals surface area contributed by atoms with Crippen LogP contribution in [0, 0.1) is 0 Å². The summed E-state index contributed by atoms with van der Waals surface area (Å²) in [4.78, 5) is 11.6. The van der Waals surface area contributed by atoms with E-state index in [1.54, 1.807) is 6.07 Å². The first-order chi connectivity index (χ1) is 9.72. The van der Waals surface area contributed by atoms with Crippen LogP contribution in [-0.2, 0) is 11.2 Å². The van der Waals surface area contributed by atoms with Gasteiger partial charge in [-0.1, -0.05) is 49.7 Å². The topological polar surface area (TPSA) is 55.1 Å². The van der Waals surface area contributed by atoms with Gasteiger partial charge < -0.3 is 4.52 Å². The minimum absolute atomic E-state index is 0.0316. The molecule has 2 aromatic rings. The highest BCUT2D eigenvalue weighted by Gasteiger charge is 2.09. The van der Waals surface area contributed by atoms with Gasteiger partial charge in [0.2, 0.25) is 11.8 Å². The van der Waals surface area contributed by atoms with Crippen LogP contribution >= 0.6 is 0 Å². The van der Waals surface area contributed by atoms with Crippen LogP contribution in [0.5, 0.6) is 0 Å². The second-order valence-electron chi connectivity index (χ2n) is 4.78. The van der Waals surface area contributed by atoms with Crippen LogP contribution in [0.15, 0.2) is 34.9 Å². The van der Waals surface area contributed by atoms with Gasteiger partial charge in [0.05, 0.1) is 0 Å². The van der Waals surface area contributed by atoms with Gasteiger partial charge in [-0.25, -0.2) is 0 Å². The Balaban J connectivity index is 2.02. The van der Waals surface area contributed by atoms with Crippen LogP contribution in [0.25, 0.3) is 11.3 Å². The first kappa shape index (κ1) is 14.3. The Labute approximate surface area is 119 Å². The number of nitrogens with zero attached hydrogens (tertiary/aromatic N) is 1. The van der Waals surface area contributed by atoms with Crippen LogP contribution in [-0.4, -0.2) is 11.1 Å². The van der Waals surface area contributed by atoms with Gasteiger partial charge >= 0.3 is 0 Å². The number of hydrogen-bond acceptors (Lipinski definition) is 3. The Kier molecular flexibility index (Phi) is 4.93. The number of amides is 1. The molecule has 20 heavy (non-hydrogen) atoms. The first-order valence-corrected chi connectivity index (χ1v) is 7.08. The van der Waals surface area contributed by atoms with Crippen molar-refractivity contribution >= 4 is 11.8 Å². The van der Waals surface area contributed by atoms with Gasteiger partial charge in [-0.2, -0.15) is 0 Å². The van der Waals surface area contributed by atoms with E-state index >= 15 is 0 Å². The van der Waals surface area contributed by atoms with E-state index in [9.17, 15) is 4.79 Å². The molecule has 4 nitrogen and oxygen atoms in total. The quantitative estimate of drug-likeness (QED) is 0.863. The Morgan fingerprint density at radius 2 is 2.00 bits per heavy atom. The van der Waals surface area contributed by atoms with Gasteiger partial charge in [-0.3, -0.25) is 10.1 Å². The van der Waals surface area contributed by atoms with E-state index in [2.05, 4.69) is 36.5 Å². The predicted molar refractivity (Wildman–Crippen MR) is 79.5 cm³/mol. The molecule has 2 rings (SSSR count). The maximum absolute atomic E-state index is 11.6. The predicted octanol–water partition coefficient (Wildman–Crippen LogP) is 4.03. The molecule has 1 aromatic carbocycles. The minimum atomic E-state index is -0.0316. The SMILES string of the molecule is CCCCC(=O)Nc1cc(-c2ccc(CC)cc2)no1. The van der Waals surface area contributed by atoms with Gasteiger partial charge in [0.1, 0.15) is 5.69 Å². The van der Waals surface area contributed by atoms with Crippen LogP contribution in [0.2, 0.25) is 0 Å². The van der Waals surface area contributed by atoms with E-state index < -0.39 is 0 Å². The molecule has 1 N–H and O–H groups in total. The fourth-order valence-electron chi connectivity index (χ4n) is 1.92. The maximum Gasteiger partial charge on any atom is 0.231 e. The average Bonchev–Trinajstić information content (AvgIpc) is 2.93. The van der Waals surface area contributed by atoms with Crippen molar-refractivity contribution in [2.24, 2.45) is 0 Å². The molecule has 0 spiro atoms. The summed E-state index contributed by atoms with van der Waals surface area (Å²) in [5, 5.41) is 6.71. The number of carbonyl (C=O) groups is 1. The van der Waals surface area contributed by atoms with E-state index in [0.717, 1.165) is 30.5 Å². The van der Waals surface area contributed by atoms with Crippen LogP contribution in [0.4, 0.5) is 5.88 Å². The van der Waals surface area contributed by atoms with Crippen molar-refractivity contribution in [3.63, 3.8) is 0 Å². The zero-order valence-corrected chi connectivity index (χ0v) is 12.0. The van der Waals surface area contributed by atoms with Crippen molar-refractivity contribution in [2.75, 3.05) is 5.32 Å². The molecule has 0 atom stereocenters.